The molecule has 2 amide bonds. The second kappa shape index (κ2) is 8.19. The fraction of sp³-hybridized carbons (Fsp3) is 0.400. The first-order valence-corrected chi connectivity index (χ1v) is 9.05. The summed E-state index contributed by atoms with van der Waals surface area (Å²) in [5, 5.41) is 5.91. The van der Waals surface area contributed by atoms with Crippen molar-refractivity contribution in [3.8, 4) is 0 Å². The molecule has 2 aromatic rings. The van der Waals surface area contributed by atoms with Gasteiger partial charge in [-0.15, -0.1) is 0 Å². The Bertz CT molecular complexity index is 771. The van der Waals surface area contributed by atoms with Crippen LogP contribution in [0.1, 0.15) is 52.2 Å². The van der Waals surface area contributed by atoms with E-state index in [0.29, 0.717) is 23.7 Å². The van der Waals surface area contributed by atoms with Gasteiger partial charge in [0.1, 0.15) is 0 Å². The van der Waals surface area contributed by atoms with Gasteiger partial charge in [0.2, 0.25) is 0 Å². The number of amides is 2. The molecule has 0 spiro atoms. The van der Waals surface area contributed by atoms with E-state index in [1.54, 1.807) is 24.3 Å². The van der Waals surface area contributed by atoms with E-state index in [2.05, 4.69) is 10.6 Å². The smallest absolute Gasteiger partial charge is 0.291 e. The van der Waals surface area contributed by atoms with Crippen molar-refractivity contribution in [3.05, 3.63) is 53.5 Å². The maximum absolute atomic E-state index is 12.7. The molecule has 1 aromatic carbocycles. The second-order valence-corrected chi connectivity index (χ2v) is 6.82. The Balaban J connectivity index is 1.72. The van der Waals surface area contributed by atoms with Crippen LogP contribution in [0.15, 0.2) is 41.0 Å². The second-order valence-electron chi connectivity index (χ2n) is 6.82. The summed E-state index contributed by atoms with van der Waals surface area (Å²) in [7, 11) is 0. The Labute approximate surface area is 153 Å². The van der Waals surface area contributed by atoms with Gasteiger partial charge in [-0.1, -0.05) is 18.9 Å². The molecule has 26 heavy (non-hydrogen) atoms. The van der Waals surface area contributed by atoms with E-state index in [9.17, 15) is 9.59 Å². The predicted octanol–water partition coefficient (Wildman–Crippen LogP) is 3.09. The lowest BCUT2D eigenvalue weighted by atomic mass is 9.84. The van der Waals surface area contributed by atoms with Crippen LogP contribution < -0.4 is 16.4 Å². The third kappa shape index (κ3) is 4.14. The number of nitrogens with one attached hydrogen (secondary N) is 2. The topological polar surface area (TPSA) is 97.4 Å². The number of hydrogen-bond acceptors (Lipinski definition) is 4. The molecule has 0 aliphatic heterocycles. The fourth-order valence-corrected chi connectivity index (χ4v) is 3.42. The summed E-state index contributed by atoms with van der Waals surface area (Å²) in [4.78, 5) is 24.9. The predicted molar refractivity (Wildman–Crippen MR) is 100 cm³/mol. The summed E-state index contributed by atoms with van der Waals surface area (Å²) < 4.78 is 5.11. The van der Waals surface area contributed by atoms with E-state index in [1.807, 2.05) is 13.0 Å². The molecule has 0 saturated heterocycles. The van der Waals surface area contributed by atoms with Crippen LogP contribution in [0.4, 0.5) is 5.69 Å². The van der Waals surface area contributed by atoms with E-state index in [0.717, 1.165) is 24.8 Å². The molecular weight excluding hydrogens is 330 g/mol. The molecule has 1 saturated carbocycles. The van der Waals surface area contributed by atoms with Crippen LogP contribution in [0, 0.1) is 12.8 Å². The zero-order valence-corrected chi connectivity index (χ0v) is 15.0. The van der Waals surface area contributed by atoms with Crippen LogP contribution in [-0.4, -0.2) is 24.4 Å². The summed E-state index contributed by atoms with van der Waals surface area (Å²) >= 11 is 0. The van der Waals surface area contributed by atoms with E-state index in [1.165, 1.54) is 12.7 Å². The largest absolute Gasteiger partial charge is 0.459 e. The van der Waals surface area contributed by atoms with Crippen LogP contribution >= 0.6 is 0 Å². The number of rotatable bonds is 5. The lowest BCUT2D eigenvalue weighted by Gasteiger charge is -2.31. The SMILES string of the molecule is Cc1ccc(C(=O)NC2CCCCC2CN)cc1NC(=O)c1ccco1. The van der Waals surface area contributed by atoms with Gasteiger partial charge in [-0.25, -0.2) is 0 Å². The summed E-state index contributed by atoms with van der Waals surface area (Å²) in [6, 6.07) is 8.66. The van der Waals surface area contributed by atoms with Crippen molar-refractivity contribution < 1.29 is 14.0 Å². The van der Waals surface area contributed by atoms with Gasteiger partial charge in [0.05, 0.1) is 6.26 Å². The van der Waals surface area contributed by atoms with Crippen LogP contribution in [0.5, 0.6) is 0 Å². The molecule has 2 atom stereocenters. The minimum atomic E-state index is -0.342. The quantitative estimate of drug-likeness (QED) is 0.768. The van der Waals surface area contributed by atoms with Gasteiger partial charge in [0.25, 0.3) is 11.8 Å². The van der Waals surface area contributed by atoms with Gasteiger partial charge < -0.3 is 20.8 Å². The molecule has 2 unspecified atom stereocenters. The highest BCUT2D eigenvalue weighted by molar-refractivity contribution is 6.04. The lowest BCUT2D eigenvalue weighted by Crippen LogP contribution is -2.44. The molecule has 6 nitrogen and oxygen atoms in total. The highest BCUT2D eigenvalue weighted by Gasteiger charge is 2.25. The maximum Gasteiger partial charge on any atom is 0.291 e. The Morgan fingerprint density at radius 1 is 1.19 bits per heavy atom. The molecule has 138 valence electrons. The molecule has 4 N–H and O–H groups in total. The summed E-state index contributed by atoms with van der Waals surface area (Å²) in [6.45, 7) is 2.47. The van der Waals surface area contributed by atoms with Gasteiger partial charge >= 0.3 is 0 Å². The minimum absolute atomic E-state index is 0.115. The van der Waals surface area contributed by atoms with Crippen molar-refractivity contribution >= 4 is 17.5 Å². The van der Waals surface area contributed by atoms with Crippen LogP contribution in [0.25, 0.3) is 0 Å². The van der Waals surface area contributed by atoms with Crippen molar-refractivity contribution in [2.24, 2.45) is 11.7 Å². The average molecular weight is 355 g/mol. The Morgan fingerprint density at radius 2 is 2.00 bits per heavy atom. The van der Waals surface area contributed by atoms with Crippen molar-refractivity contribution in [3.63, 3.8) is 0 Å². The van der Waals surface area contributed by atoms with Gasteiger partial charge in [-0.2, -0.15) is 0 Å². The van der Waals surface area contributed by atoms with Crippen LogP contribution in [-0.2, 0) is 0 Å². The number of aryl methyl sites for hydroxylation is 1. The zero-order chi connectivity index (χ0) is 18.5. The first kappa shape index (κ1) is 18.2. The van der Waals surface area contributed by atoms with Crippen molar-refractivity contribution in [2.75, 3.05) is 11.9 Å². The first-order valence-electron chi connectivity index (χ1n) is 9.05. The Morgan fingerprint density at radius 3 is 2.73 bits per heavy atom. The number of nitrogens with two attached hydrogens (primary N) is 1. The maximum atomic E-state index is 12.7. The highest BCUT2D eigenvalue weighted by Crippen LogP contribution is 2.24. The number of hydrogen-bond donors (Lipinski definition) is 3. The fourth-order valence-electron chi connectivity index (χ4n) is 3.42. The number of anilines is 1. The molecule has 6 heteroatoms. The molecule has 0 bridgehead atoms. The molecule has 1 aromatic heterocycles. The number of carbonyl (C=O) groups is 2. The zero-order valence-electron chi connectivity index (χ0n) is 15.0. The van der Waals surface area contributed by atoms with Crippen molar-refractivity contribution in [2.45, 2.75) is 38.6 Å². The Hall–Kier alpha value is -2.60. The lowest BCUT2D eigenvalue weighted by molar-refractivity contribution is 0.0907. The Kier molecular flexibility index (Phi) is 5.73. The first-order chi connectivity index (χ1) is 12.6. The molecule has 1 fully saturated rings. The molecule has 3 rings (SSSR count). The molecule has 1 aliphatic carbocycles. The number of carbonyl (C=O) groups excluding carboxylic acids is 2. The number of furan rings is 1. The monoisotopic (exact) mass is 355 g/mol. The molecule has 1 heterocycles. The van der Waals surface area contributed by atoms with Gasteiger partial charge in [-0.3, -0.25) is 9.59 Å². The summed E-state index contributed by atoms with van der Waals surface area (Å²) in [5.74, 6) is 0.0819. The van der Waals surface area contributed by atoms with Crippen LogP contribution in [0.2, 0.25) is 0 Å². The average Bonchev–Trinajstić information content (AvgIpc) is 3.18. The van der Waals surface area contributed by atoms with Crippen molar-refractivity contribution in [1.82, 2.24) is 5.32 Å². The molecule has 1 aliphatic rings. The van der Waals surface area contributed by atoms with Gasteiger partial charge in [0.15, 0.2) is 5.76 Å². The van der Waals surface area contributed by atoms with Gasteiger partial charge in [-0.05, 0) is 62.1 Å². The molecule has 0 radical (unpaired) electrons. The number of benzene rings is 1. The van der Waals surface area contributed by atoms with Gasteiger partial charge in [0, 0.05) is 17.3 Å². The van der Waals surface area contributed by atoms with Crippen LogP contribution in [0.3, 0.4) is 0 Å². The van der Waals surface area contributed by atoms with E-state index in [-0.39, 0.29) is 23.6 Å². The normalized spacial score (nSPS) is 19.8. The summed E-state index contributed by atoms with van der Waals surface area (Å²) in [6.07, 6.45) is 5.74. The van der Waals surface area contributed by atoms with Crippen molar-refractivity contribution in [1.29, 1.82) is 0 Å². The molecular formula is C20H25N3O3. The highest BCUT2D eigenvalue weighted by atomic mass is 16.3. The van der Waals surface area contributed by atoms with E-state index in [4.69, 9.17) is 10.2 Å². The standard InChI is InChI=1S/C20H25N3O3/c1-13-8-9-14(11-17(13)23-20(25)18-7-4-10-26-18)19(24)22-16-6-3-2-5-15(16)12-21/h4,7-11,15-16H,2-3,5-6,12,21H2,1H3,(H,22,24)(H,23,25). The third-order valence-electron chi connectivity index (χ3n) is 5.02. The van der Waals surface area contributed by atoms with E-state index >= 15 is 0 Å². The summed E-state index contributed by atoms with van der Waals surface area (Å²) in [5.41, 5.74) is 7.84. The van der Waals surface area contributed by atoms with E-state index < -0.39 is 0 Å². The minimum Gasteiger partial charge on any atom is -0.459 e. The third-order valence-corrected chi connectivity index (χ3v) is 5.02.